The maximum Gasteiger partial charge on any atom is 0.0690 e. The summed E-state index contributed by atoms with van der Waals surface area (Å²) >= 11 is 4.24. The third-order valence-corrected chi connectivity index (χ3v) is 7.48. The van der Waals surface area contributed by atoms with Gasteiger partial charge in [0.2, 0.25) is 0 Å². The Hall–Kier alpha value is 0.620. The van der Waals surface area contributed by atoms with Gasteiger partial charge in [-0.3, -0.25) is 0 Å². The Balaban J connectivity index is 1.69. The lowest BCUT2D eigenvalue weighted by Gasteiger charge is -2.32. The van der Waals surface area contributed by atoms with Crippen molar-refractivity contribution in [2.24, 2.45) is 0 Å². The molecule has 2 aliphatic rings. The largest absolute Gasteiger partial charge is 0.380 e. The van der Waals surface area contributed by atoms with Crippen molar-refractivity contribution in [2.75, 3.05) is 19.3 Å². The Kier molecular flexibility index (Phi) is 7.42. The third kappa shape index (κ3) is 4.83. The van der Waals surface area contributed by atoms with Crippen molar-refractivity contribution < 1.29 is 9.47 Å². The summed E-state index contributed by atoms with van der Waals surface area (Å²) in [6.07, 6.45) is 11.6. The average molecular weight is 305 g/mol. The first-order chi connectivity index (χ1) is 9.35. The van der Waals surface area contributed by atoms with Crippen LogP contribution in [0.4, 0.5) is 0 Å². The molecule has 4 heteroatoms. The van der Waals surface area contributed by atoms with Crippen molar-refractivity contribution in [1.29, 1.82) is 0 Å². The fourth-order valence-electron chi connectivity index (χ4n) is 3.26. The predicted molar refractivity (Wildman–Crippen MR) is 86.2 cm³/mol. The number of ether oxygens (including phenoxy) is 2. The molecule has 2 rings (SSSR count). The van der Waals surface area contributed by atoms with Crippen molar-refractivity contribution in [3.05, 3.63) is 0 Å². The van der Waals surface area contributed by atoms with Gasteiger partial charge in [-0.2, -0.15) is 0 Å². The van der Waals surface area contributed by atoms with Crippen LogP contribution in [0.2, 0.25) is 0 Å². The van der Waals surface area contributed by atoms with E-state index in [2.05, 4.69) is 23.5 Å². The molecule has 4 unspecified atom stereocenters. The first kappa shape index (κ1) is 16.0. The van der Waals surface area contributed by atoms with Crippen molar-refractivity contribution in [3.63, 3.8) is 0 Å². The van der Waals surface area contributed by atoms with Crippen LogP contribution in [0.15, 0.2) is 0 Å². The van der Waals surface area contributed by atoms with Gasteiger partial charge in [0.25, 0.3) is 0 Å². The zero-order valence-corrected chi connectivity index (χ0v) is 13.9. The van der Waals surface area contributed by atoms with E-state index in [1.807, 2.05) is 14.2 Å². The molecule has 0 aromatic heterocycles. The van der Waals surface area contributed by atoms with Crippen molar-refractivity contribution in [3.8, 4) is 0 Å². The van der Waals surface area contributed by atoms with E-state index in [9.17, 15) is 0 Å². The normalized spacial score (nSPS) is 36.3. The van der Waals surface area contributed by atoms with Gasteiger partial charge in [-0.1, -0.05) is 25.7 Å². The van der Waals surface area contributed by atoms with Gasteiger partial charge in [0.1, 0.15) is 0 Å². The molecule has 0 aliphatic heterocycles. The van der Waals surface area contributed by atoms with E-state index in [-0.39, 0.29) is 0 Å². The van der Waals surface area contributed by atoms with E-state index >= 15 is 0 Å². The number of thioether (sulfide) groups is 2. The zero-order valence-electron chi connectivity index (χ0n) is 12.3. The van der Waals surface area contributed by atoms with E-state index < -0.39 is 0 Å². The van der Waals surface area contributed by atoms with Gasteiger partial charge < -0.3 is 9.47 Å². The maximum atomic E-state index is 5.63. The molecule has 0 N–H and O–H groups in total. The summed E-state index contributed by atoms with van der Waals surface area (Å²) in [5, 5.41) is 2.64. The lowest BCUT2D eigenvalue weighted by Crippen LogP contribution is -2.31. The highest BCUT2D eigenvalue weighted by molar-refractivity contribution is 8.16. The molecule has 0 amide bonds. The van der Waals surface area contributed by atoms with Gasteiger partial charge in [0, 0.05) is 29.8 Å². The Morgan fingerprint density at radius 1 is 0.737 bits per heavy atom. The Morgan fingerprint density at radius 2 is 1.16 bits per heavy atom. The van der Waals surface area contributed by atoms with Gasteiger partial charge in [-0.25, -0.2) is 0 Å². The number of hydrogen-bond acceptors (Lipinski definition) is 4. The van der Waals surface area contributed by atoms with E-state index in [0.29, 0.717) is 12.2 Å². The number of hydrogen-bond donors (Lipinski definition) is 0. The van der Waals surface area contributed by atoms with E-state index in [0.717, 1.165) is 10.5 Å². The lowest BCUT2D eigenvalue weighted by molar-refractivity contribution is 0.0760. The summed E-state index contributed by atoms with van der Waals surface area (Å²) in [5.74, 6) is 0. The molecule has 19 heavy (non-hydrogen) atoms. The molecule has 0 aromatic carbocycles. The van der Waals surface area contributed by atoms with Crippen LogP contribution in [-0.2, 0) is 9.47 Å². The second kappa shape index (κ2) is 8.81. The quantitative estimate of drug-likeness (QED) is 0.680. The molecule has 0 spiro atoms. The second-order valence-electron chi connectivity index (χ2n) is 5.65. The molecule has 2 nitrogen and oxygen atoms in total. The standard InChI is InChI=1S/C15H28O2S2/c1-16-12-7-3-5-9-14(12)18-11-19-15-10-6-4-8-13(15)17-2/h12-15H,3-11H2,1-2H3. The molecule has 2 aliphatic carbocycles. The molecule has 0 bridgehead atoms. The summed E-state index contributed by atoms with van der Waals surface area (Å²) in [5.41, 5.74) is 0. The SMILES string of the molecule is COC1CCCCC1SCSC1CCCCC1OC. The molecule has 2 saturated carbocycles. The highest BCUT2D eigenvalue weighted by Crippen LogP contribution is 2.36. The van der Waals surface area contributed by atoms with Crippen molar-refractivity contribution in [2.45, 2.75) is 74.1 Å². The second-order valence-corrected chi connectivity index (χ2v) is 8.47. The molecule has 0 heterocycles. The Morgan fingerprint density at radius 3 is 1.58 bits per heavy atom. The highest BCUT2D eigenvalue weighted by Gasteiger charge is 2.28. The summed E-state index contributed by atoms with van der Waals surface area (Å²) in [4.78, 5) is 0. The molecule has 112 valence electrons. The highest BCUT2D eigenvalue weighted by atomic mass is 32.2. The summed E-state index contributed by atoms with van der Waals surface area (Å²) in [6, 6.07) is 0. The topological polar surface area (TPSA) is 18.5 Å². The minimum atomic E-state index is 0.490. The Labute approximate surface area is 126 Å². The first-order valence-corrected chi connectivity index (χ1v) is 9.73. The van der Waals surface area contributed by atoms with Crippen LogP contribution in [0.3, 0.4) is 0 Å². The van der Waals surface area contributed by atoms with Gasteiger partial charge >= 0.3 is 0 Å². The van der Waals surface area contributed by atoms with Crippen LogP contribution in [0, 0.1) is 0 Å². The van der Waals surface area contributed by atoms with Crippen molar-refractivity contribution >= 4 is 23.5 Å². The van der Waals surface area contributed by atoms with Crippen LogP contribution in [-0.4, -0.2) is 42.0 Å². The molecule has 0 aromatic rings. The van der Waals surface area contributed by atoms with Gasteiger partial charge in [0.05, 0.1) is 12.2 Å². The van der Waals surface area contributed by atoms with Gasteiger partial charge in [-0.05, 0) is 25.7 Å². The molecule has 0 radical (unpaired) electrons. The molecule has 0 saturated heterocycles. The lowest BCUT2D eigenvalue weighted by atomic mass is 9.97. The molecule has 4 atom stereocenters. The van der Waals surface area contributed by atoms with Crippen LogP contribution < -0.4 is 0 Å². The summed E-state index contributed by atoms with van der Waals surface area (Å²) < 4.78 is 11.3. The van der Waals surface area contributed by atoms with Gasteiger partial charge in [0.15, 0.2) is 0 Å². The van der Waals surface area contributed by atoms with Crippen LogP contribution in [0.25, 0.3) is 0 Å². The van der Waals surface area contributed by atoms with Crippen LogP contribution in [0.5, 0.6) is 0 Å². The minimum absolute atomic E-state index is 0.490. The fourth-order valence-corrected chi connectivity index (χ4v) is 6.56. The predicted octanol–water partition coefficient (Wildman–Crippen LogP) is 4.33. The van der Waals surface area contributed by atoms with Gasteiger partial charge in [-0.15, -0.1) is 23.5 Å². The minimum Gasteiger partial charge on any atom is -0.380 e. The van der Waals surface area contributed by atoms with E-state index in [1.165, 1.54) is 56.5 Å². The fraction of sp³-hybridized carbons (Fsp3) is 1.00. The Bertz CT molecular complexity index is 226. The molecular formula is C15H28O2S2. The van der Waals surface area contributed by atoms with E-state index in [4.69, 9.17) is 9.47 Å². The number of rotatable bonds is 6. The average Bonchev–Trinajstić information content (AvgIpc) is 2.48. The number of methoxy groups -OCH3 is 2. The zero-order chi connectivity index (χ0) is 13.5. The molecule has 2 fully saturated rings. The summed E-state index contributed by atoms with van der Waals surface area (Å²) in [7, 11) is 3.75. The molecular weight excluding hydrogens is 276 g/mol. The smallest absolute Gasteiger partial charge is 0.0690 e. The third-order valence-electron chi connectivity index (χ3n) is 4.45. The summed E-state index contributed by atoms with van der Waals surface area (Å²) in [6.45, 7) is 0. The van der Waals surface area contributed by atoms with Crippen LogP contribution in [0.1, 0.15) is 51.4 Å². The first-order valence-electron chi connectivity index (χ1n) is 7.64. The maximum absolute atomic E-state index is 5.63. The van der Waals surface area contributed by atoms with E-state index in [1.54, 1.807) is 0 Å². The van der Waals surface area contributed by atoms with Crippen molar-refractivity contribution in [1.82, 2.24) is 0 Å². The monoisotopic (exact) mass is 304 g/mol. The van der Waals surface area contributed by atoms with Crippen LogP contribution >= 0.6 is 23.5 Å².